The average molecular weight is 716 g/mol. The van der Waals surface area contributed by atoms with Gasteiger partial charge in [-0.2, -0.15) is 9.97 Å². The van der Waals surface area contributed by atoms with Crippen LogP contribution in [0.3, 0.4) is 0 Å². The normalized spacial score (nSPS) is 11.6. The van der Waals surface area contributed by atoms with Crippen LogP contribution < -0.4 is 0 Å². The van der Waals surface area contributed by atoms with E-state index in [4.69, 9.17) is 15.0 Å². The smallest absolute Gasteiger partial charge is 0.238 e. The monoisotopic (exact) mass is 715 g/mol. The van der Waals surface area contributed by atoms with Gasteiger partial charge in [0, 0.05) is 38.2 Å². The molecule has 262 valence electrons. The second kappa shape index (κ2) is 13.0. The molecule has 11 aromatic rings. The number of fused-ring (bicyclic) bond motifs is 6. The van der Waals surface area contributed by atoms with E-state index in [-0.39, 0.29) is 0 Å². The quantitative estimate of drug-likeness (QED) is 0.172. The van der Waals surface area contributed by atoms with Gasteiger partial charge in [-0.15, -0.1) is 0 Å². The van der Waals surface area contributed by atoms with E-state index < -0.39 is 0 Å². The van der Waals surface area contributed by atoms with Gasteiger partial charge < -0.3 is 4.57 Å². The number of rotatable bonds is 6. The molecule has 0 unspecified atom stereocenters. The summed E-state index contributed by atoms with van der Waals surface area (Å²) in [5, 5.41) is 4.59. The summed E-state index contributed by atoms with van der Waals surface area (Å²) in [5.41, 5.74) is 12.1. The fraction of sp³-hybridized carbons (Fsp3) is 0. The fourth-order valence-electron chi connectivity index (χ4n) is 8.19. The van der Waals surface area contributed by atoms with Crippen molar-refractivity contribution in [1.29, 1.82) is 0 Å². The lowest BCUT2D eigenvalue weighted by molar-refractivity contribution is 0.954. The molecule has 0 amide bonds. The number of benzene rings is 8. The second-order valence-electron chi connectivity index (χ2n) is 14.1. The molecule has 0 aliphatic rings. The van der Waals surface area contributed by atoms with E-state index >= 15 is 0 Å². The van der Waals surface area contributed by atoms with Crippen LogP contribution in [-0.4, -0.2) is 24.1 Å². The zero-order valence-corrected chi connectivity index (χ0v) is 30.3. The first-order chi connectivity index (χ1) is 27.8. The summed E-state index contributed by atoms with van der Waals surface area (Å²) < 4.78 is 4.65. The van der Waals surface area contributed by atoms with E-state index in [1.807, 2.05) is 60.7 Å². The SMILES string of the molecule is c1ccc(-c2ccc(-n3c4ccccc4c4cc5c(cc43)c3ccccc3n5-c3nc(-c4ccccc4)nc(-c4ccccc4)n3)c(-c3ccccc3)c2)cc1. The summed E-state index contributed by atoms with van der Waals surface area (Å²) in [5.74, 6) is 1.84. The van der Waals surface area contributed by atoms with Crippen molar-refractivity contribution in [3.63, 3.8) is 0 Å². The van der Waals surface area contributed by atoms with Gasteiger partial charge in [0.1, 0.15) is 0 Å². The number of hydrogen-bond acceptors (Lipinski definition) is 3. The van der Waals surface area contributed by atoms with Gasteiger partial charge in [-0.05, 0) is 53.1 Å². The van der Waals surface area contributed by atoms with Crippen LogP contribution in [0.2, 0.25) is 0 Å². The summed E-state index contributed by atoms with van der Waals surface area (Å²) in [7, 11) is 0. The molecule has 0 fully saturated rings. The maximum Gasteiger partial charge on any atom is 0.238 e. The maximum absolute atomic E-state index is 5.18. The molecule has 56 heavy (non-hydrogen) atoms. The third-order valence-electron chi connectivity index (χ3n) is 10.8. The predicted molar refractivity (Wildman–Crippen MR) is 230 cm³/mol. The minimum Gasteiger partial charge on any atom is -0.309 e. The zero-order valence-electron chi connectivity index (χ0n) is 30.3. The van der Waals surface area contributed by atoms with Crippen molar-refractivity contribution in [2.45, 2.75) is 0 Å². The lowest BCUT2D eigenvalue weighted by atomic mass is 9.97. The summed E-state index contributed by atoms with van der Waals surface area (Å²) in [4.78, 5) is 15.4. The van der Waals surface area contributed by atoms with Crippen LogP contribution in [0.1, 0.15) is 0 Å². The number of hydrogen-bond donors (Lipinski definition) is 0. The number of para-hydroxylation sites is 2. The Hall–Kier alpha value is -7.63. The Kier molecular flexibility index (Phi) is 7.42. The Bertz CT molecular complexity index is 3160. The van der Waals surface area contributed by atoms with Crippen molar-refractivity contribution in [2.75, 3.05) is 0 Å². The Morgan fingerprint density at radius 1 is 0.286 bits per heavy atom. The Labute approximate surface area is 323 Å². The van der Waals surface area contributed by atoms with Gasteiger partial charge in [0.15, 0.2) is 11.6 Å². The van der Waals surface area contributed by atoms with Crippen LogP contribution in [0.15, 0.2) is 200 Å². The second-order valence-corrected chi connectivity index (χ2v) is 14.1. The van der Waals surface area contributed by atoms with E-state index in [0.29, 0.717) is 17.6 Å². The minimum absolute atomic E-state index is 0.579. The van der Waals surface area contributed by atoms with Crippen LogP contribution >= 0.6 is 0 Å². The van der Waals surface area contributed by atoms with Crippen LogP contribution in [0.5, 0.6) is 0 Å². The summed E-state index contributed by atoms with van der Waals surface area (Å²) in [6.45, 7) is 0. The molecule has 11 rings (SSSR count). The first kappa shape index (κ1) is 31.9. The molecule has 3 aromatic heterocycles. The van der Waals surface area contributed by atoms with Gasteiger partial charge in [-0.25, -0.2) is 4.98 Å². The topological polar surface area (TPSA) is 48.5 Å². The Balaban J connectivity index is 1.21. The summed E-state index contributed by atoms with van der Waals surface area (Å²) in [6.07, 6.45) is 0. The Morgan fingerprint density at radius 2 is 0.732 bits per heavy atom. The van der Waals surface area contributed by atoms with E-state index in [0.717, 1.165) is 55.0 Å². The Morgan fingerprint density at radius 3 is 1.29 bits per heavy atom. The molecule has 0 saturated carbocycles. The van der Waals surface area contributed by atoms with Crippen LogP contribution in [0.25, 0.3) is 100 Å². The molecule has 0 spiro atoms. The molecule has 0 atom stereocenters. The summed E-state index contributed by atoms with van der Waals surface area (Å²) >= 11 is 0. The molecule has 0 radical (unpaired) electrons. The van der Waals surface area contributed by atoms with E-state index in [2.05, 4.69) is 149 Å². The van der Waals surface area contributed by atoms with Crippen LogP contribution in [0, 0.1) is 0 Å². The highest BCUT2D eigenvalue weighted by atomic mass is 15.2. The van der Waals surface area contributed by atoms with Crippen LogP contribution in [0.4, 0.5) is 0 Å². The van der Waals surface area contributed by atoms with Crippen molar-refractivity contribution in [1.82, 2.24) is 24.1 Å². The molecule has 0 saturated heterocycles. The van der Waals surface area contributed by atoms with Gasteiger partial charge >= 0.3 is 0 Å². The standard InChI is InChI=1S/C51H33N5/c1-5-17-34(18-6-1)38-29-30-46(41(31-38)35-19-7-2-8-20-35)55-44-27-15-13-25-39(44)42-33-48-43(32-47(42)55)40-26-14-16-28-45(40)56(48)51-53-49(36-21-9-3-10-22-36)52-50(54-51)37-23-11-4-12-24-37/h1-33H. The first-order valence-electron chi connectivity index (χ1n) is 18.9. The minimum atomic E-state index is 0.579. The summed E-state index contributed by atoms with van der Waals surface area (Å²) in [6, 6.07) is 70.5. The predicted octanol–water partition coefficient (Wildman–Crippen LogP) is 12.7. The van der Waals surface area contributed by atoms with Gasteiger partial charge in [0.05, 0.1) is 27.8 Å². The molecule has 0 N–H and O–H groups in total. The number of nitrogens with zero attached hydrogens (tertiary/aromatic N) is 5. The highest BCUT2D eigenvalue weighted by Gasteiger charge is 2.22. The van der Waals surface area contributed by atoms with Gasteiger partial charge in [0.25, 0.3) is 0 Å². The maximum atomic E-state index is 5.18. The lowest BCUT2D eigenvalue weighted by Crippen LogP contribution is -2.06. The van der Waals surface area contributed by atoms with Crippen molar-refractivity contribution < 1.29 is 0 Å². The largest absolute Gasteiger partial charge is 0.309 e. The van der Waals surface area contributed by atoms with Gasteiger partial charge in [0.2, 0.25) is 5.95 Å². The molecular weight excluding hydrogens is 683 g/mol. The molecule has 3 heterocycles. The van der Waals surface area contributed by atoms with E-state index in [1.54, 1.807) is 0 Å². The van der Waals surface area contributed by atoms with E-state index in [1.165, 1.54) is 27.6 Å². The molecule has 5 nitrogen and oxygen atoms in total. The zero-order chi connectivity index (χ0) is 37.0. The molecule has 5 heteroatoms. The van der Waals surface area contributed by atoms with Gasteiger partial charge in [-0.1, -0.05) is 164 Å². The molecule has 0 bridgehead atoms. The van der Waals surface area contributed by atoms with Crippen molar-refractivity contribution >= 4 is 43.6 Å². The fourth-order valence-corrected chi connectivity index (χ4v) is 8.19. The molecule has 8 aromatic carbocycles. The average Bonchev–Trinajstić information content (AvgIpc) is 3.78. The first-order valence-corrected chi connectivity index (χ1v) is 18.9. The van der Waals surface area contributed by atoms with Gasteiger partial charge in [-0.3, -0.25) is 4.57 Å². The van der Waals surface area contributed by atoms with Crippen LogP contribution in [-0.2, 0) is 0 Å². The van der Waals surface area contributed by atoms with E-state index in [9.17, 15) is 0 Å². The third-order valence-corrected chi connectivity index (χ3v) is 10.8. The molecule has 0 aliphatic carbocycles. The number of aromatic nitrogens is 5. The highest BCUT2D eigenvalue weighted by Crippen LogP contribution is 2.42. The third kappa shape index (κ3) is 5.21. The lowest BCUT2D eigenvalue weighted by Gasteiger charge is -2.16. The van der Waals surface area contributed by atoms with Crippen molar-refractivity contribution in [3.8, 4) is 56.7 Å². The molecule has 0 aliphatic heterocycles. The highest BCUT2D eigenvalue weighted by molar-refractivity contribution is 6.19. The van der Waals surface area contributed by atoms with Crippen molar-refractivity contribution in [3.05, 3.63) is 200 Å². The van der Waals surface area contributed by atoms with Crippen molar-refractivity contribution in [2.24, 2.45) is 0 Å². The molecular formula is C51H33N5.